The number of aromatic nitrogens is 1. The van der Waals surface area contributed by atoms with Gasteiger partial charge in [-0.1, -0.05) is 29.8 Å². The van der Waals surface area contributed by atoms with Crippen molar-refractivity contribution in [3.05, 3.63) is 69.2 Å². The number of fused-ring (bicyclic) bond motifs is 1. The average molecular weight is 317 g/mol. The summed E-state index contributed by atoms with van der Waals surface area (Å²) in [5.74, 6) is -0.711. The number of hydrogen-bond donors (Lipinski definition) is 1. The van der Waals surface area contributed by atoms with Gasteiger partial charge in [-0.25, -0.2) is 4.79 Å². The van der Waals surface area contributed by atoms with Crippen LogP contribution in [0, 0.1) is 0 Å². The molecule has 1 amide bonds. The number of halogens is 1. The van der Waals surface area contributed by atoms with E-state index in [2.05, 4.69) is 5.32 Å². The molecule has 0 unspecified atom stereocenters. The van der Waals surface area contributed by atoms with E-state index >= 15 is 0 Å². The molecule has 1 heterocycles. The molecule has 0 bridgehead atoms. The van der Waals surface area contributed by atoms with Gasteiger partial charge in [-0.15, -0.1) is 0 Å². The molecular weight excluding hydrogens is 304 g/mol. The van der Waals surface area contributed by atoms with Gasteiger partial charge in [-0.3, -0.25) is 9.36 Å². The minimum atomic E-state index is -0.455. The normalized spacial score (nSPS) is 10.8. The van der Waals surface area contributed by atoms with Crippen molar-refractivity contribution in [1.29, 1.82) is 0 Å². The van der Waals surface area contributed by atoms with Crippen molar-refractivity contribution in [3.8, 4) is 0 Å². The molecule has 0 saturated heterocycles. The molecule has 0 aliphatic heterocycles. The van der Waals surface area contributed by atoms with Crippen LogP contribution < -0.4 is 11.1 Å². The fraction of sp³-hybridized carbons (Fsp3) is 0.125. The van der Waals surface area contributed by atoms with E-state index < -0.39 is 5.76 Å². The molecule has 0 saturated carbocycles. The second-order valence-corrected chi connectivity index (χ2v) is 5.29. The molecule has 0 aliphatic rings. The summed E-state index contributed by atoms with van der Waals surface area (Å²) in [4.78, 5) is 23.6. The van der Waals surface area contributed by atoms with Crippen LogP contribution in [0.25, 0.3) is 11.1 Å². The van der Waals surface area contributed by atoms with Crippen LogP contribution in [0.1, 0.15) is 15.9 Å². The SMILES string of the molecule is Cn1c(=O)oc2cc(C(=O)NCc3ccccc3Cl)ccc21. The van der Waals surface area contributed by atoms with Crippen molar-refractivity contribution < 1.29 is 9.21 Å². The zero-order valence-corrected chi connectivity index (χ0v) is 12.6. The number of hydrogen-bond acceptors (Lipinski definition) is 3. The van der Waals surface area contributed by atoms with E-state index in [0.717, 1.165) is 5.56 Å². The van der Waals surface area contributed by atoms with Crippen LogP contribution >= 0.6 is 11.6 Å². The Kier molecular flexibility index (Phi) is 3.73. The first kappa shape index (κ1) is 14.4. The van der Waals surface area contributed by atoms with Crippen LogP contribution in [0.3, 0.4) is 0 Å². The largest absolute Gasteiger partial charge is 0.419 e. The Hall–Kier alpha value is -2.53. The summed E-state index contributed by atoms with van der Waals surface area (Å²) in [5, 5.41) is 3.40. The van der Waals surface area contributed by atoms with E-state index in [-0.39, 0.29) is 5.91 Å². The third kappa shape index (κ3) is 2.63. The Morgan fingerprint density at radius 3 is 2.82 bits per heavy atom. The second kappa shape index (κ2) is 5.69. The zero-order valence-electron chi connectivity index (χ0n) is 11.8. The number of aryl methyl sites for hydroxylation is 1. The van der Waals surface area contributed by atoms with Gasteiger partial charge in [0.25, 0.3) is 5.91 Å². The number of carbonyl (C=O) groups excluding carboxylic acids is 1. The predicted molar refractivity (Wildman–Crippen MR) is 84.1 cm³/mol. The number of nitrogens with one attached hydrogen (secondary N) is 1. The van der Waals surface area contributed by atoms with Gasteiger partial charge in [0.05, 0.1) is 5.52 Å². The van der Waals surface area contributed by atoms with Gasteiger partial charge >= 0.3 is 5.76 Å². The van der Waals surface area contributed by atoms with Crippen molar-refractivity contribution >= 4 is 28.6 Å². The summed E-state index contributed by atoms with van der Waals surface area (Å²) >= 11 is 6.05. The van der Waals surface area contributed by atoms with Crippen LogP contribution in [-0.2, 0) is 13.6 Å². The maximum Gasteiger partial charge on any atom is 0.419 e. The van der Waals surface area contributed by atoms with E-state index in [1.807, 2.05) is 18.2 Å². The maximum atomic E-state index is 12.2. The summed E-state index contributed by atoms with van der Waals surface area (Å²) in [6.07, 6.45) is 0. The average Bonchev–Trinajstić information content (AvgIpc) is 2.80. The van der Waals surface area contributed by atoms with Crippen molar-refractivity contribution in [2.75, 3.05) is 0 Å². The summed E-state index contributed by atoms with van der Waals surface area (Å²) in [7, 11) is 1.62. The molecule has 3 aromatic rings. The highest BCUT2D eigenvalue weighted by Crippen LogP contribution is 2.16. The van der Waals surface area contributed by atoms with Gasteiger partial charge in [0.15, 0.2) is 5.58 Å². The first-order chi connectivity index (χ1) is 10.6. The van der Waals surface area contributed by atoms with Crippen molar-refractivity contribution in [2.45, 2.75) is 6.54 Å². The molecule has 112 valence electrons. The molecule has 0 spiro atoms. The second-order valence-electron chi connectivity index (χ2n) is 4.88. The number of nitrogens with zero attached hydrogens (tertiary/aromatic N) is 1. The first-order valence-corrected chi connectivity index (χ1v) is 7.05. The Morgan fingerprint density at radius 2 is 2.05 bits per heavy atom. The molecule has 1 N–H and O–H groups in total. The summed E-state index contributed by atoms with van der Waals surface area (Å²) in [6, 6.07) is 12.2. The zero-order chi connectivity index (χ0) is 15.7. The van der Waals surface area contributed by atoms with Crippen molar-refractivity contribution in [3.63, 3.8) is 0 Å². The number of carbonyl (C=O) groups is 1. The molecule has 2 aromatic carbocycles. The number of amides is 1. The maximum absolute atomic E-state index is 12.2. The Bertz CT molecular complexity index is 911. The topological polar surface area (TPSA) is 64.2 Å². The molecule has 0 aliphatic carbocycles. The van der Waals surface area contributed by atoms with Gasteiger partial charge in [-0.2, -0.15) is 0 Å². The van der Waals surface area contributed by atoms with Crippen LogP contribution in [0.4, 0.5) is 0 Å². The lowest BCUT2D eigenvalue weighted by Crippen LogP contribution is -2.22. The molecule has 0 radical (unpaired) electrons. The van der Waals surface area contributed by atoms with Gasteiger partial charge in [0, 0.05) is 24.2 Å². The molecule has 1 aromatic heterocycles. The minimum Gasteiger partial charge on any atom is -0.408 e. The number of oxazole rings is 1. The third-order valence-electron chi connectivity index (χ3n) is 3.45. The van der Waals surface area contributed by atoms with Crippen molar-refractivity contribution in [2.24, 2.45) is 7.05 Å². The molecule has 5 nitrogen and oxygen atoms in total. The highest BCUT2D eigenvalue weighted by atomic mass is 35.5. The lowest BCUT2D eigenvalue weighted by molar-refractivity contribution is 0.0951. The van der Waals surface area contributed by atoms with Gasteiger partial charge in [0.2, 0.25) is 0 Å². The van der Waals surface area contributed by atoms with E-state index in [4.69, 9.17) is 16.0 Å². The highest BCUT2D eigenvalue weighted by molar-refractivity contribution is 6.31. The fourth-order valence-electron chi connectivity index (χ4n) is 2.19. The van der Waals surface area contributed by atoms with Gasteiger partial charge in [0.1, 0.15) is 0 Å². The number of rotatable bonds is 3. The van der Waals surface area contributed by atoms with E-state index in [1.165, 1.54) is 4.57 Å². The molecule has 3 rings (SSSR count). The lowest BCUT2D eigenvalue weighted by Gasteiger charge is -2.07. The Balaban J connectivity index is 1.80. The number of benzene rings is 2. The first-order valence-electron chi connectivity index (χ1n) is 6.67. The van der Waals surface area contributed by atoms with E-state index in [0.29, 0.717) is 28.2 Å². The summed E-state index contributed by atoms with van der Waals surface area (Å²) in [5.41, 5.74) is 2.30. The van der Waals surface area contributed by atoms with Crippen LogP contribution in [0.15, 0.2) is 51.7 Å². The molecule has 0 fully saturated rings. The predicted octanol–water partition coefficient (Wildman–Crippen LogP) is 2.71. The molecule has 22 heavy (non-hydrogen) atoms. The van der Waals surface area contributed by atoms with Crippen LogP contribution in [-0.4, -0.2) is 10.5 Å². The van der Waals surface area contributed by atoms with E-state index in [9.17, 15) is 9.59 Å². The van der Waals surface area contributed by atoms with Crippen molar-refractivity contribution in [1.82, 2.24) is 9.88 Å². The smallest absolute Gasteiger partial charge is 0.408 e. The lowest BCUT2D eigenvalue weighted by atomic mass is 10.1. The molecule has 6 heteroatoms. The molecular formula is C16H13ClN2O3. The third-order valence-corrected chi connectivity index (χ3v) is 3.82. The van der Waals surface area contributed by atoms with E-state index in [1.54, 1.807) is 31.3 Å². The quantitative estimate of drug-likeness (QED) is 0.808. The summed E-state index contributed by atoms with van der Waals surface area (Å²) in [6.45, 7) is 0.329. The Morgan fingerprint density at radius 1 is 1.27 bits per heavy atom. The Labute approximate surface area is 131 Å². The van der Waals surface area contributed by atoms with Gasteiger partial charge < -0.3 is 9.73 Å². The minimum absolute atomic E-state index is 0.256. The monoisotopic (exact) mass is 316 g/mol. The van der Waals surface area contributed by atoms with Crippen LogP contribution in [0.2, 0.25) is 5.02 Å². The van der Waals surface area contributed by atoms with Crippen LogP contribution in [0.5, 0.6) is 0 Å². The van der Waals surface area contributed by atoms with Gasteiger partial charge in [-0.05, 0) is 29.8 Å². The summed E-state index contributed by atoms with van der Waals surface area (Å²) < 4.78 is 6.47. The highest BCUT2D eigenvalue weighted by Gasteiger charge is 2.11. The standard InChI is InChI=1S/C16H13ClN2O3/c1-19-13-7-6-10(8-14(13)22-16(19)21)15(20)18-9-11-4-2-3-5-12(11)17/h2-8H,9H2,1H3,(H,18,20). The molecule has 0 atom stereocenters. The fourth-order valence-corrected chi connectivity index (χ4v) is 2.40.